The summed E-state index contributed by atoms with van der Waals surface area (Å²) in [5.41, 5.74) is 0.199. The summed E-state index contributed by atoms with van der Waals surface area (Å²) in [7, 11) is 1.61. The molecule has 0 aliphatic rings. The third kappa shape index (κ3) is 3.21. The maximum Gasteiger partial charge on any atom is 0.330 e. The summed E-state index contributed by atoms with van der Waals surface area (Å²) >= 11 is 0. The van der Waals surface area contributed by atoms with Crippen molar-refractivity contribution in [1.29, 1.82) is 0 Å². The molecular weight excluding hydrogens is 282 g/mol. The van der Waals surface area contributed by atoms with E-state index < -0.39 is 5.69 Å². The molecule has 6 heteroatoms. The van der Waals surface area contributed by atoms with E-state index in [1.807, 2.05) is 31.2 Å². The van der Waals surface area contributed by atoms with Crippen LogP contribution in [0.5, 0.6) is 5.75 Å². The fourth-order valence-electron chi connectivity index (χ4n) is 2.41. The SMILES string of the molecule is COc1ccccc1[C@H](C)Nc1cc(=O)n(C(C)C)c(=O)[nH]1. The van der Waals surface area contributed by atoms with Gasteiger partial charge in [0.15, 0.2) is 0 Å². The maximum absolute atomic E-state index is 12.0. The molecule has 1 aromatic carbocycles. The minimum atomic E-state index is -0.419. The topological polar surface area (TPSA) is 76.1 Å². The Morgan fingerprint density at radius 2 is 1.86 bits per heavy atom. The van der Waals surface area contributed by atoms with Gasteiger partial charge < -0.3 is 10.1 Å². The van der Waals surface area contributed by atoms with E-state index in [0.29, 0.717) is 5.82 Å². The average Bonchev–Trinajstić information content (AvgIpc) is 2.45. The lowest BCUT2D eigenvalue weighted by Gasteiger charge is -2.18. The highest BCUT2D eigenvalue weighted by Gasteiger charge is 2.13. The molecule has 6 nitrogen and oxygen atoms in total. The standard InChI is InChI=1S/C16H21N3O3/c1-10(2)19-15(20)9-14(18-16(19)21)17-11(3)12-7-5-6-8-13(12)22-4/h5-11,17H,1-4H3,(H,18,21)/t11-/m0/s1. The van der Waals surface area contributed by atoms with Gasteiger partial charge in [0.25, 0.3) is 5.56 Å². The number of aromatic nitrogens is 2. The van der Waals surface area contributed by atoms with Crippen LogP contribution in [0.4, 0.5) is 5.82 Å². The van der Waals surface area contributed by atoms with Crippen molar-refractivity contribution in [1.82, 2.24) is 9.55 Å². The first-order chi connectivity index (χ1) is 10.4. The van der Waals surface area contributed by atoms with Gasteiger partial charge >= 0.3 is 5.69 Å². The number of rotatable bonds is 5. The predicted molar refractivity (Wildman–Crippen MR) is 86.7 cm³/mol. The Kier molecular flexibility index (Phi) is 4.70. The van der Waals surface area contributed by atoms with Crippen LogP contribution in [0.1, 0.15) is 38.4 Å². The van der Waals surface area contributed by atoms with Gasteiger partial charge in [-0.1, -0.05) is 18.2 Å². The summed E-state index contributed by atoms with van der Waals surface area (Å²) in [5, 5.41) is 3.13. The number of para-hydroxylation sites is 1. The monoisotopic (exact) mass is 303 g/mol. The Hall–Kier alpha value is -2.50. The average molecular weight is 303 g/mol. The zero-order valence-electron chi connectivity index (χ0n) is 13.2. The Labute approximate surface area is 128 Å². The van der Waals surface area contributed by atoms with Crippen LogP contribution in [0.15, 0.2) is 39.9 Å². The molecule has 0 aliphatic heterocycles. The molecule has 0 bridgehead atoms. The summed E-state index contributed by atoms with van der Waals surface area (Å²) in [5.74, 6) is 1.14. The lowest BCUT2D eigenvalue weighted by molar-refractivity contribution is 0.408. The van der Waals surface area contributed by atoms with Crippen molar-refractivity contribution in [3.8, 4) is 5.75 Å². The molecule has 0 radical (unpaired) electrons. The number of H-pyrrole nitrogens is 1. The number of hydrogen-bond acceptors (Lipinski definition) is 4. The van der Waals surface area contributed by atoms with E-state index in [-0.39, 0.29) is 17.6 Å². The minimum Gasteiger partial charge on any atom is -0.496 e. The van der Waals surface area contributed by atoms with Crippen molar-refractivity contribution in [2.45, 2.75) is 32.9 Å². The molecule has 2 aromatic rings. The van der Waals surface area contributed by atoms with Crippen molar-refractivity contribution in [3.05, 3.63) is 56.7 Å². The molecule has 1 atom stereocenters. The van der Waals surface area contributed by atoms with Gasteiger partial charge in [0, 0.05) is 17.7 Å². The molecule has 1 aromatic heterocycles. The number of benzene rings is 1. The van der Waals surface area contributed by atoms with Crippen LogP contribution in [0.2, 0.25) is 0 Å². The maximum atomic E-state index is 12.0. The third-order valence-corrected chi connectivity index (χ3v) is 3.46. The van der Waals surface area contributed by atoms with Gasteiger partial charge in [-0.05, 0) is 26.8 Å². The Morgan fingerprint density at radius 3 is 2.45 bits per heavy atom. The number of nitrogens with one attached hydrogen (secondary N) is 2. The lowest BCUT2D eigenvalue weighted by Crippen LogP contribution is -2.36. The van der Waals surface area contributed by atoms with Crippen molar-refractivity contribution < 1.29 is 4.74 Å². The smallest absolute Gasteiger partial charge is 0.330 e. The molecule has 0 unspecified atom stereocenters. The second-order valence-corrected chi connectivity index (χ2v) is 5.40. The Balaban J connectivity index is 2.31. The predicted octanol–water partition coefficient (Wildman–Crippen LogP) is 2.30. The fraction of sp³-hybridized carbons (Fsp3) is 0.375. The van der Waals surface area contributed by atoms with Crippen molar-refractivity contribution in [2.75, 3.05) is 12.4 Å². The number of methoxy groups -OCH3 is 1. The van der Waals surface area contributed by atoms with Crippen LogP contribution in [0.3, 0.4) is 0 Å². The van der Waals surface area contributed by atoms with E-state index >= 15 is 0 Å². The van der Waals surface area contributed by atoms with Gasteiger partial charge in [-0.25, -0.2) is 4.79 Å². The molecule has 22 heavy (non-hydrogen) atoms. The first-order valence-corrected chi connectivity index (χ1v) is 7.19. The lowest BCUT2D eigenvalue weighted by atomic mass is 10.1. The Bertz CT molecular complexity index is 730. The van der Waals surface area contributed by atoms with Gasteiger partial charge in [-0.15, -0.1) is 0 Å². The number of anilines is 1. The van der Waals surface area contributed by atoms with Crippen molar-refractivity contribution in [3.63, 3.8) is 0 Å². The Morgan fingerprint density at radius 1 is 1.18 bits per heavy atom. The molecule has 2 N–H and O–H groups in total. The highest BCUT2D eigenvalue weighted by atomic mass is 16.5. The normalized spacial score (nSPS) is 12.2. The van der Waals surface area contributed by atoms with Crippen LogP contribution in [-0.2, 0) is 0 Å². The van der Waals surface area contributed by atoms with E-state index in [1.54, 1.807) is 21.0 Å². The third-order valence-electron chi connectivity index (χ3n) is 3.46. The second-order valence-electron chi connectivity index (χ2n) is 5.40. The molecule has 0 aliphatic carbocycles. The number of nitrogens with zero attached hydrogens (tertiary/aromatic N) is 1. The zero-order valence-corrected chi connectivity index (χ0v) is 13.2. The van der Waals surface area contributed by atoms with Crippen LogP contribution in [0.25, 0.3) is 0 Å². The zero-order chi connectivity index (χ0) is 16.3. The summed E-state index contributed by atoms with van der Waals surface area (Å²) in [6, 6.07) is 8.69. The summed E-state index contributed by atoms with van der Waals surface area (Å²) < 4.78 is 6.50. The minimum absolute atomic E-state index is 0.124. The molecule has 1 heterocycles. The summed E-state index contributed by atoms with van der Waals surface area (Å²) in [4.78, 5) is 26.7. The molecule has 0 spiro atoms. The molecule has 0 fully saturated rings. The second kappa shape index (κ2) is 6.51. The van der Waals surface area contributed by atoms with Crippen LogP contribution in [0, 0.1) is 0 Å². The van der Waals surface area contributed by atoms with E-state index in [2.05, 4.69) is 10.3 Å². The quantitative estimate of drug-likeness (QED) is 0.888. The summed E-state index contributed by atoms with van der Waals surface area (Å²) in [6.45, 7) is 5.52. The van der Waals surface area contributed by atoms with E-state index in [4.69, 9.17) is 4.74 Å². The molecule has 0 saturated heterocycles. The van der Waals surface area contributed by atoms with Crippen molar-refractivity contribution in [2.24, 2.45) is 0 Å². The van der Waals surface area contributed by atoms with Crippen LogP contribution < -0.4 is 21.3 Å². The fourth-order valence-corrected chi connectivity index (χ4v) is 2.41. The van der Waals surface area contributed by atoms with E-state index in [1.165, 1.54) is 10.6 Å². The van der Waals surface area contributed by atoms with Crippen LogP contribution >= 0.6 is 0 Å². The summed E-state index contributed by atoms with van der Waals surface area (Å²) in [6.07, 6.45) is 0. The largest absolute Gasteiger partial charge is 0.496 e. The molecule has 2 rings (SSSR count). The molecule has 0 saturated carbocycles. The van der Waals surface area contributed by atoms with Gasteiger partial charge in [0.05, 0.1) is 13.2 Å². The van der Waals surface area contributed by atoms with Crippen LogP contribution in [-0.4, -0.2) is 16.7 Å². The number of hydrogen-bond donors (Lipinski definition) is 2. The highest BCUT2D eigenvalue weighted by molar-refractivity contribution is 5.42. The van der Waals surface area contributed by atoms with Gasteiger partial charge in [-0.2, -0.15) is 0 Å². The number of aromatic amines is 1. The van der Waals surface area contributed by atoms with Crippen molar-refractivity contribution >= 4 is 5.82 Å². The highest BCUT2D eigenvalue weighted by Crippen LogP contribution is 2.26. The first-order valence-electron chi connectivity index (χ1n) is 7.19. The molecular formula is C16H21N3O3. The van der Waals surface area contributed by atoms with E-state index in [0.717, 1.165) is 11.3 Å². The molecule has 118 valence electrons. The first kappa shape index (κ1) is 15.9. The van der Waals surface area contributed by atoms with Gasteiger partial charge in [0.1, 0.15) is 11.6 Å². The molecule has 0 amide bonds. The number of ether oxygens (including phenoxy) is 1. The van der Waals surface area contributed by atoms with Gasteiger partial charge in [0.2, 0.25) is 0 Å². The van der Waals surface area contributed by atoms with Gasteiger partial charge in [-0.3, -0.25) is 14.3 Å². The van der Waals surface area contributed by atoms with E-state index in [9.17, 15) is 9.59 Å².